The van der Waals surface area contributed by atoms with Crippen LogP contribution in [0.4, 0.5) is 5.69 Å². The molecule has 0 aliphatic carbocycles. The zero-order valence-electron chi connectivity index (χ0n) is 10.3. The topological polar surface area (TPSA) is 29.3 Å². The second-order valence-electron chi connectivity index (χ2n) is 5.04. The first kappa shape index (κ1) is 11.5. The van der Waals surface area contributed by atoms with Crippen LogP contribution in [0.1, 0.15) is 38.7 Å². The number of nitrogen functional groups attached to an aromatic ring is 1. The minimum atomic E-state index is 0.710. The fourth-order valence-corrected chi connectivity index (χ4v) is 2.62. The number of piperidine rings is 1. The van der Waals surface area contributed by atoms with Crippen LogP contribution in [-0.2, 0) is 6.54 Å². The summed E-state index contributed by atoms with van der Waals surface area (Å²) in [4.78, 5) is 2.61. The van der Waals surface area contributed by atoms with Gasteiger partial charge in [-0.15, -0.1) is 0 Å². The quantitative estimate of drug-likeness (QED) is 0.773. The molecular weight excluding hydrogens is 196 g/mol. The van der Waals surface area contributed by atoms with Crippen LogP contribution in [0.25, 0.3) is 0 Å². The first-order valence-corrected chi connectivity index (χ1v) is 6.27. The average molecular weight is 218 g/mol. The maximum absolute atomic E-state index is 5.70. The third-order valence-electron chi connectivity index (χ3n) is 3.72. The maximum atomic E-state index is 5.70. The zero-order chi connectivity index (χ0) is 11.5. The molecule has 0 radical (unpaired) electrons. The van der Waals surface area contributed by atoms with E-state index in [0.29, 0.717) is 12.1 Å². The molecular formula is C14H22N2. The number of rotatable bonds is 2. The summed E-state index contributed by atoms with van der Waals surface area (Å²) >= 11 is 0. The maximum Gasteiger partial charge on any atom is 0.0314 e. The first-order valence-electron chi connectivity index (χ1n) is 6.27. The van der Waals surface area contributed by atoms with E-state index in [1.165, 1.54) is 24.8 Å². The van der Waals surface area contributed by atoms with E-state index in [2.05, 4.69) is 30.9 Å². The van der Waals surface area contributed by atoms with Crippen LogP contribution in [0.3, 0.4) is 0 Å². The van der Waals surface area contributed by atoms with E-state index in [1.807, 2.05) is 12.1 Å². The van der Waals surface area contributed by atoms with Crippen molar-refractivity contribution in [1.82, 2.24) is 4.90 Å². The van der Waals surface area contributed by atoms with Gasteiger partial charge in [0.2, 0.25) is 0 Å². The lowest BCUT2D eigenvalue weighted by Crippen LogP contribution is -2.42. The van der Waals surface area contributed by atoms with Crippen molar-refractivity contribution in [2.45, 2.75) is 51.7 Å². The van der Waals surface area contributed by atoms with Crippen LogP contribution < -0.4 is 5.73 Å². The standard InChI is InChI=1S/C14H22N2/c1-11-4-3-5-12(2)16(11)10-13-6-8-14(15)9-7-13/h6-9,11-12H,3-5,10,15H2,1-2H3/t11-,12-/m1/s1. The molecule has 1 aromatic rings. The number of nitrogens with two attached hydrogens (primary N) is 1. The third kappa shape index (κ3) is 2.56. The van der Waals surface area contributed by atoms with Gasteiger partial charge in [0.15, 0.2) is 0 Å². The Labute approximate surface area is 98.4 Å². The van der Waals surface area contributed by atoms with Gasteiger partial charge >= 0.3 is 0 Å². The van der Waals surface area contributed by atoms with Crippen LogP contribution in [0.15, 0.2) is 24.3 Å². The Balaban J connectivity index is 2.04. The van der Waals surface area contributed by atoms with Gasteiger partial charge in [0.05, 0.1) is 0 Å². The predicted molar refractivity (Wildman–Crippen MR) is 69.2 cm³/mol. The lowest BCUT2D eigenvalue weighted by molar-refractivity contribution is 0.0953. The molecule has 0 amide bonds. The van der Waals surface area contributed by atoms with Crippen molar-refractivity contribution < 1.29 is 0 Å². The predicted octanol–water partition coefficient (Wildman–Crippen LogP) is 3.03. The minimum Gasteiger partial charge on any atom is -0.399 e. The van der Waals surface area contributed by atoms with Crippen LogP contribution >= 0.6 is 0 Å². The molecule has 2 heteroatoms. The highest BCUT2D eigenvalue weighted by atomic mass is 15.2. The summed E-state index contributed by atoms with van der Waals surface area (Å²) in [5, 5.41) is 0. The zero-order valence-corrected chi connectivity index (χ0v) is 10.3. The molecule has 1 aliphatic heterocycles. The summed E-state index contributed by atoms with van der Waals surface area (Å²) in [5.41, 5.74) is 7.92. The smallest absolute Gasteiger partial charge is 0.0314 e. The molecule has 1 saturated heterocycles. The lowest BCUT2D eigenvalue weighted by atomic mass is 9.97. The molecule has 0 unspecified atom stereocenters. The van der Waals surface area contributed by atoms with Crippen molar-refractivity contribution in [1.29, 1.82) is 0 Å². The van der Waals surface area contributed by atoms with Gasteiger partial charge in [0.1, 0.15) is 0 Å². The van der Waals surface area contributed by atoms with Crippen molar-refractivity contribution in [2.75, 3.05) is 5.73 Å². The number of nitrogens with zero attached hydrogens (tertiary/aromatic N) is 1. The van der Waals surface area contributed by atoms with Gasteiger partial charge in [-0.1, -0.05) is 18.6 Å². The van der Waals surface area contributed by atoms with Crippen molar-refractivity contribution >= 4 is 5.69 Å². The van der Waals surface area contributed by atoms with Gasteiger partial charge in [-0.25, -0.2) is 0 Å². The Morgan fingerprint density at radius 3 is 2.25 bits per heavy atom. The van der Waals surface area contributed by atoms with Crippen LogP contribution in [-0.4, -0.2) is 17.0 Å². The Bertz CT molecular complexity index is 321. The molecule has 2 nitrogen and oxygen atoms in total. The minimum absolute atomic E-state index is 0.710. The van der Waals surface area contributed by atoms with E-state index in [4.69, 9.17) is 5.73 Å². The summed E-state index contributed by atoms with van der Waals surface area (Å²) in [6, 6.07) is 9.69. The number of hydrogen-bond acceptors (Lipinski definition) is 2. The molecule has 0 spiro atoms. The van der Waals surface area contributed by atoms with Crippen molar-refractivity contribution in [3.63, 3.8) is 0 Å². The molecule has 2 atom stereocenters. The summed E-state index contributed by atoms with van der Waals surface area (Å²) < 4.78 is 0. The third-order valence-corrected chi connectivity index (χ3v) is 3.72. The average Bonchev–Trinajstić information content (AvgIpc) is 2.26. The van der Waals surface area contributed by atoms with E-state index in [0.717, 1.165) is 12.2 Å². The largest absolute Gasteiger partial charge is 0.399 e. The number of likely N-dealkylation sites (tertiary alicyclic amines) is 1. The molecule has 0 bridgehead atoms. The van der Waals surface area contributed by atoms with Crippen molar-refractivity contribution in [3.8, 4) is 0 Å². The van der Waals surface area contributed by atoms with E-state index >= 15 is 0 Å². The summed E-state index contributed by atoms with van der Waals surface area (Å²) in [7, 11) is 0. The highest BCUT2D eigenvalue weighted by Crippen LogP contribution is 2.24. The van der Waals surface area contributed by atoms with Crippen molar-refractivity contribution in [3.05, 3.63) is 29.8 Å². The molecule has 88 valence electrons. The number of benzene rings is 1. The van der Waals surface area contributed by atoms with Crippen LogP contribution in [0, 0.1) is 0 Å². The fourth-order valence-electron chi connectivity index (χ4n) is 2.62. The lowest BCUT2D eigenvalue weighted by Gasteiger charge is -2.39. The molecule has 1 fully saturated rings. The normalized spacial score (nSPS) is 26.9. The molecule has 0 saturated carbocycles. The van der Waals surface area contributed by atoms with Crippen molar-refractivity contribution in [2.24, 2.45) is 0 Å². The van der Waals surface area contributed by atoms with Gasteiger partial charge in [0.25, 0.3) is 0 Å². The molecule has 1 aliphatic rings. The monoisotopic (exact) mass is 218 g/mol. The molecule has 2 N–H and O–H groups in total. The van der Waals surface area contributed by atoms with E-state index < -0.39 is 0 Å². The molecule has 2 rings (SSSR count). The van der Waals surface area contributed by atoms with Gasteiger partial charge in [-0.05, 0) is 44.4 Å². The van der Waals surface area contributed by atoms with Gasteiger partial charge in [0, 0.05) is 24.3 Å². The number of anilines is 1. The van der Waals surface area contributed by atoms with Crippen LogP contribution in [0.2, 0.25) is 0 Å². The first-order chi connectivity index (χ1) is 7.66. The molecule has 16 heavy (non-hydrogen) atoms. The van der Waals surface area contributed by atoms with E-state index in [1.54, 1.807) is 0 Å². The molecule has 1 heterocycles. The van der Waals surface area contributed by atoms with Gasteiger partial charge < -0.3 is 5.73 Å². The summed E-state index contributed by atoms with van der Waals surface area (Å²) in [5.74, 6) is 0. The molecule has 1 aromatic carbocycles. The second kappa shape index (κ2) is 4.88. The van der Waals surface area contributed by atoms with Gasteiger partial charge in [-0.2, -0.15) is 0 Å². The van der Waals surface area contributed by atoms with Crippen LogP contribution in [0.5, 0.6) is 0 Å². The SMILES string of the molecule is C[C@@H]1CCC[C@@H](C)N1Cc1ccc(N)cc1. The molecule has 0 aromatic heterocycles. The van der Waals surface area contributed by atoms with E-state index in [9.17, 15) is 0 Å². The highest BCUT2D eigenvalue weighted by molar-refractivity contribution is 5.39. The fraction of sp³-hybridized carbons (Fsp3) is 0.571. The summed E-state index contributed by atoms with van der Waals surface area (Å²) in [6.45, 7) is 5.74. The Morgan fingerprint density at radius 2 is 1.69 bits per heavy atom. The van der Waals surface area contributed by atoms with E-state index in [-0.39, 0.29) is 0 Å². The Hall–Kier alpha value is -1.02. The van der Waals surface area contributed by atoms with Gasteiger partial charge in [-0.3, -0.25) is 4.90 Å². The number of hydrogen-bond donors (Lipinski definition) is 1. The Kier molecular flexibility index (Phi) is 3.49. The summed E-state index contributed by atoms with van der Waals surface area (Å²) in [6.07, 6.45) is 4.04. The Morgan fingerprint density at radius 1 is 1.12 bits per heavy atom. The highest BCUT2D eigenvalue weighted by Gasteiger charge is 2.24. The second-order valence-corrected chi connectivity index (χ2v) is 5.04.